The third-order valence-corrected chi connectivity index (χ3v) is 6.20. The zero-order valence-electron chi connectivity index (χ0n) is 15.3. The Morgan fingerprint density at radius 2 is 1.71 bits per heavy atom. The molecule has 0 bridgehead atoms. The molecule has 0 aromatic rings. The van der Waals surface area contributed by atoms with Crippen molar-refractivity contribution in [3.63, 3.8) is 0 Å². The number of hydrogen-bond acceptors (Lipinski definition) is 2. The van der Waals surface area contributed by atoms with E-state index < -0.39 is 0 Å². The molecular formula is C19H38N2. The molecule has 21 heavy (non-hydrogen) atoms. The molecule has 2 fully saturated rings. The average molecular weight is 295 g/mol. The Labute approximate surface area is 133 Å². The topological polar surface area (TPSA) is 15.3 Å². The van der Waals surface area contributed by atoms with Crippen LogP contribution in [-0.2, 0) is 0 Å². The van der Waals surface area contributed by atoms with Crippen molar-refractivity contribution in [2.75, 3.05) is 26.2 Å². The molecule has 1 aliphatic heterocycles. The first kappa shape index (κ1) is 17.3. The lowest BCUT2D eigenvalue weighted by molar-refractivity contribution is 0.0937. The molecule has 2 rings (SSSR count). The Kier molecular flexibility index (Phi) is 5.41. The highest BCUT2D eigenvalue weighted by molar-refractivity contribution is 4.97. The van der Waals surface area contributed by atoms with E-state index in [0.717, 1.165) is 18.4 Å². The van der Waals surface area contributed by atoms with Gasteiger partial charge in [-0.2, -0.15) is 0 Å². The molecule has 0 amide bonds. The molecular weight excluding hydrogens is 256 g/mol. The second-order valence-electron chi connectivity index (χ2n) is 9.26. The number of likely N-dealkylation sites (tertiary alicyclic amines) is 1. The van der Waals surface area contributed by atoms with Crippen molar-refractivity contribution in [2.24, 2.45) is 22.7 Å². The van der Waals surface area contributed by atoms with Crippen molar-refractivity contribution in [3.05, 3.63) is 0 Å². The Bertz CT molecular complexity index is 321. The maximum atomic E-state index is 3.78. The van der Waals surface area contributed by atoms with E-state index in [9.17, 15) is 0 Å². The van der Waals surface area contributed by atoms with Gasteiger partial charge in [-0.3, -0.25) is 0 Å². The van der Waals surface area contributed by atoms with Crippen LogP contribution in [0.5, 0.6) is 0 Å². The molecule has 1 aliphatic carbocycles. The summed E-state index contributed by atoms with van der Waals surface area (Å²) in [5.74, 6) is 1.77. The summed E-state index contributed by atoms with van der Waals surface area (Å²) in [7, 11) is 0. The van der Waals surface area contributed by atoms with Crippen LogP contribution >= 0.6 is 0 Å². The van der Waals surface area contributed by atoms with Crippen LogP contribution in [0, 0.1) is 22.7 Å². The molecule has 2 nitrogen and oxygen atoms in total. The SMILES string of the molecule is CCNC1C(CN2CCC(C(C)(C)C)CC2)CCC1(C)C. The summed E-state index contributed by atoms with van der Waals surface area (Å²) < 4.78 is 0. The van der Waals surface area contributed by atoms with Crippen LogP contribution in [0.2, 0.25) is 0 Å². The second kappa shape index (κ2) is 6.58. The summed E-state index contributed by atoms with van der Waals surface area (Å²) in [5.41, 5.74) is 0.970. The largest absolute Gasteiger partial charge is 0.313 e. The normalized spacial score (nSPS) is 31.7. The number of nitrogens with one attached hydrogen (secondary N) is 1. The van der Waals surface area contributed by atoms with E-state index in [1.165, 1.54) is 45.3 Å². The van der Waals surface area contributed by atoms with Crippen LogP contribution < -0.4 is 5.32 Å². The van der Waals surface area contributed by atoms with Crippen LogP contribution in [0.3, 0.4) is 0 Å². The Morgan fingerprint density at radius 3 is 2.24 bits per heavy atom. The fraction of sp³-hybridized carbons (Fsp3) is 1.00. The van der Waals surface area contributed by atoms with Crippen molar-refractivity contribution >= 4 is 0 Å². The molecule has 2 aliphatic rings. The minimum absolute atomic E-state index is 0.477. The van der Waals surface area contributed by atoms with Crippen molar-refractivity contribution in [1.82, 2.24) is 10.2 Å². The van der Waals surface area contributed by atoms with Crippen molar-refractivity contribution < 1.29 is 0 Å². The van der Waals surface area contributed by atoms with Gasteiger partial charge in [0.25, 0.3) is 0 Å². The number of nitrogens with zero attached hydrogens (tertiary/aromatic N) is 1. The van der Waals surface area contributed by atoms with E-state index in [4.69, 9.17) is 0 Å². The summed E-state index contributed by atoms with van der Waals surface area (Å²) in [6, 6.07) is 0.711. The van der Waals surface area contributed by atoms with Gasteiger partial charge in [0.2, 0.25) is 0 Å². The predicted octanol–water partition coefficient (Wildman–Crippen LogP) is 4.16. The van der Waals surface area contributed by atoms with E-state index >= 15 is 0 Å². The van der Waals surface area contributed by atoms with Crippen LogP contribution in [0.4, 0.5) is 0 Å². The standard InChI is InChI=1S/C19H38N2/c1-7-20-17-15(8-11-19(17,5)6)14-21-12-9-16(10-13-21)18(2,3)4/h15-17,20H,7-14H2,1-6H3. The molecule has 2 atom stereocenters. The first-order valence-corrected chi connectivity index (χ1v) is 9.20. The van der Waals surface area contributed by atoms with Gasteiger partial charge < -0.3 is 10.2 Å². The summed E-state index contributed by atoms with van der Waals surface area (Å²) in [4.78, 5) is 2.75. The molecule has 0 aromatic heterocycles. The van der Waals surface area contributed by atoms with Gasteiger partial charge >= 0.3 is 0 Å². The van der Waals surface area contributed by atoms with Crippen LogP contribution in [0.25, 0.3) is 0 Å². The van der Waals surface area contributed by atoms with Crippen molar-refractivity contribution in [3.8, 4) is 0 Å². The predicted molar refractivity (Wildman–Crippen MR) is 92.6 cm³/mol. The molecule has 0 spiro atoms. The molecule has 1 saturated heterocycles. The molecule has 124 valence electrons. The summed E-state index contributed by atoms with van der Waals surface area (Å²) >= 11 is 0. The monoisotopic (exact) mass is 294 g/mol. The quantitative estimate of drug-likeness (QED) is 0.837. The number of rotatable bonds is 4. The van der Waals surface area contributed by atoms with Gasteiger partial charge in [0.15, 0.2) is 0 Å². The average Bonchev–Trinajstić information content (AvgIpc) is 2.66. The maximum absolute atomic E-state index is 3.78. The van der Waals surface area contributed by atoms with Gasteiger partial charge in [-0.05, 0) is 68.0 Å². The highest BCUT2D eigenvalue weighted by atomic mass is 15.1. The summed E-state index contributed by atoms with van der Waals surface area (Å²) in [6.07, 6.45) is 5.58. The minimum atomic E-state index is 0.477. The lowest BCUT2D eigenvalue weighted by Gasteiger charge is -2.41. The molecule has 0 radical (unpaired) electrons. The van der Waals surface area contributed by atoms with E-state index in [2.05, 4.69) is 51.8 Å². The third-order valence-electron chi connectivity index (χ3n) is 6.20. The van der Waals surface area contributed by atoms with E-state index in [-0.39, 0.29) is 0 Å². The minimum Gasteiger partial charge on any atom is -0.313 e. The van der Waals surface area contributed by atoms with Gasteiger partial charge in [-0.15, -0.1) is 0 Å². The van der Waals surface area contributed by atoms with Gasteiger partial charge in [-0.1, -0.05) is 41.5 Å². The lowest BCUT2D eigenvalue weighted by Crippen LogP contribution is -2.47. The number of hydrogen-bond donors (Lipinski definition) is 1. The van der Waals surface area contributed by atoms with E-state index in [1.807, 2.05) is 0 Å². The van der Waals surface area contributed by atoms with Gasteiger partial charge in [-0.25, -0.2) is 0 Å². The van der Waals surface area contributed by atoms with E-state index in [1.54, 1.807) is 0 Å². The molecule has 1 saturated carbocycles. The van der Waals surface area contributed by atoms with Crippen LogP contribution in [0.15, 0.2) is 0 Å². The highest BCUT2D eigenvalue weighted by Crippen LogP contribution is 2.42. The molecule has 1 heterocycles. The first-order chi connectivity index (χ1) is 9.74. The molecule has 0 aromatic carbocycles. The van der Waals surface area contributed by atoms with Crippen LogP contribution in [0.1, 0.15) is 67.2 Å². The van der Waals surface area contributed by atoms with Crippen molar-refractivity contribution in [2.45, 2.75) is 73.3 Å². The molecule has 2 heteroatoms. The fourth-order valence-electron chi connectivity index (χ4n) is 4.69. The van der Waals surface area contributed by atoms with Gasteiger partial charge in [0.1, 0.15) is 0 Å². The Morgan fingerprint density at radius 1 is 1.10 bits per heavy atom. The zero-order chi connectivity index (χ0) is 15.7. The van der Waals surface area contributed by atoms with Gasteiger partial charge in [0.05, 0.1) is 0 Å². The van der Waals surface area contributed by atoms with Crippen LogP contribution in [-0.4, -0.2) is 37.1 Å². The Balaban J connectivity index is 1.86. The highest BCUT2D eigenvalue weighted by Gasteiger charge is 2.42. The third kappa shape index (κ3) is 4.22. The lowest BCUT2D eigenvalue weighted by atomic mass is 9.75. The zero-order valence-corrected chi connectivity index (χ0v) is 15.3. The smallest absolute Gasteiger partial charge is 0.0159 e. The first-order valence-electron chi connectivity index (χ1n) is 9.20. The van der Waals surface area contributed by atoms with Gasteiger partial charge in [0, 0.05) is 12.6 Å². The second-order valence-corrected chi connectivity index (χ2v) is 9.26. The summed E-state index contributed by atoms with van der Waals surface area (Å²) in [5, 5.41) is 3.78. The Hall–Kier alpha value is -0.0800. The molecule has 1 N–H and O–H groups in total. The van der Waals surface area contributed by atoms with Crippen molar-refractivity contribution in [1.29, 1.82) is 0 Å². The number of piperidine rings is 1. The summed E-state index contributed by atoms with van der Waals surface area (Å²) in [6.45, 7) is 19.4. The van der Waals surface area contributed by atoms with E-state index in [0.29, 0.717) is 16.9 Å². The maximum Gasteiger partial charge on any atom is 0.0159 e. The molecule has 2 unspecified atom stereocenters. The fourth-order valence-corrected chi connectivity index (χ4v) is 4.69.